The van der Waals surface area contributed by atoms with Crippen LogP contribution in [0.1, 0.15) is 12.0 Å². The van der Waals surface area contributed by atoms with Crippen molar-refractivity contribution < 1.29 is 9.53 Å². The van der Waals surface area contributed by atoms with Gasteiger partial charge in [0, 0.05) is 20.3 Å². The smallest absolute Gasteiger partial charge is 0.261 e. The summed E-state index contributed by atoms with van der Waals surface area (Å²) in [6.45, 7) is 1.01. The van der Waals surface area contributed by atoms with Crippen LogP contribution in [0.15, 0.2) is 23.8 Å². The molecule has 0 saturated heterocycles. The van der Waals surface area contributed by atoms with Crippen LogP contribution in [0.25, 0.3) is 6.08 Å². The molecule has 1 aromatic carbocycles. The number of nitrogens with zero attached hydrogens (tertiary/aromatic N) is 1. The molecule has 20 heavy (non-hydrogen) atoms. The minimum atomic E-state index is -0.422. The fraction of sp³-hybridized carbons (Fsp3) is 0.286. The first-order valence-corrected chi connectivity index (χ1v) is 6.68. The first-order chi connectivity index (χ1) is 9.58. The molecule has 1 rings (SSSR count). The van der Waals surface area contributed by atoms with Crippen LogP contribution in [-0.4, -0.2) is 26.2 Å². The highest BCUT2D eigenvalue weighted by Gasteiger charge is 2.08. The molecule has 0 aromatic heterocycles. The molecule has 1 N–H and O–H groups in total. The molecule has 6 heteroatoms. The van der Waals surface area contributed by atoms with Crippen LogP contribution in [0.2, 0.25) is 10.0 Å². The third-order valence-electron chi connectivity index (χ3n) is 2.43. The zero-order chi connectivity index (χ0) is 15.0. The second-order valence-electron chi connectivity index (χ2n) is 3.95. The van der Waals surface area contributed by atoms with Crippen molar-refractivity contribution in [1.82, 2.24) is 5.32 Å². The highest BCUT2D eigenvalue weighted by Crippen LogP contribution is 2.23. The summed E-state index contributed by atoms with van der Waals surface area (Å²) in [7, 11) is 1.59. The quantitative estimate of drug-likeness (QED) is 0.499. The van der Waals surface area contributed by atoms with Crippen molar-refractivity contribution in [2.45, 2.75) is 6.42 Å². The molecule has 4 nitrogen and oxygen atoms in total. The van der Waals surface area contributed by atoms with Gasteiger partial charge in [0.15, 0.2) is 0 Å². The Kier molecular flexibility index (Phi) is 7.10. The molecule has 0 aliphatic heterocycles. The number of nitrogens with one attached hydrogen (secondary N) is 1. The lowest BCUT2D eigenvalue weighted by molar-refractivity contribution is -0.117. The highest BCUT2D eigenvalue weighted by molar-refractivity contribution is 6.42. The number of carbonyl (C=O) groups excluding carboxylic acids is 1. The second kappa shape index (κ2) is 8.60. The lowest BCUT2D eigenvalue weighted by atomic mass is 10.1. The Hall–Kier alpha value is -1.54. The van der Waals surface area contributed by atoms with Gasteiger partial charge < -0.3 is 10.1 Å². The fourth-order valence-corrected chi connectivity index (χ4v) is 1.74. The Morgan fingerprint density at radius 3 is 2.80 bits per heavy atom. The molecule has 0 atom stereocenters. The van der Waals surface area contributed by atoms with Crippen molar-refractivity contribution in [3.05, 3.63) is 39.4 Å². The molecule has 0 unspecified atom stereocenters. The fourth-order valence-electron chi connectivity index (χ4n) is 1.43. The molecule has 1 aromatic rings. The van der Waals surface area contributed by atoms with Crippen LogP contribution < -0.4 is 5.32 Å². The van der Waals surface area contributed by atoms with E-state index >= 15 is 0 Å². The number of halogens is 2. The lowest BCUT2D eigenvalue weighted by Gasteiger charge is -2.04. The standard InChI is InChI=1S/C14H14Cl2N2O2/c1-20-6-2-5-18-14(19)11(9-17)7-10-3-4-12(15)13(16)8-10/h3-4,7-8H,2,5-6H2,1H3,(H,18,19)/b11-7+. The summed E-state index contributed by atoms with van der Waals surface area (Å²) in [5.41, 5.74) is 0.656. The summed E-state index contributed by atoms with van der Waals surface area (Å²) in [4.78, 5) is 11.8. The van der Waals surface area contributed by atoms with Crippen molar-refractivity contribution in [3.8, 4) is 6.07 Å². The molecule has 0 saturated carbocycles. The predicted molar refractivity (Wildman–Crippen MR) is 79.6 cm³/mol. The molecule has 0 spiro atoms. The number of ether oxygens (including phenoxy) is 1. The molecule has 106 valence electrons. The van der Waals surface area contributed by atoms with Gasteiger partial charge in [-0.2, -0.15) is 5.26 Å². The topological polar surface area (TPSA) is 62.1 Å². The first kappa shape index (κ1) is 16.5. The van der Waals surface area contributed by atoms with Crippen molar-refractivity contribution in [2.24, 2.45) is 0 Å². The van der Waals surface area contributed by atoms with Crippen LogP contribution >= 0.6 is 23.2 Å². The largest absolute Gasteiger partial charge is 0.385 e. The Balaban J connectivity index is 2.74. The van der Waals surface area contributed by atoms with Crippen molar-refractivity contribution in [2.75, 3.05) is 20.3 Å². The van der Waals surface area contributed by atoms with Gasteiger partial charge in [0.25, 0.3) is 5.91 Å². The minimum absolute atomic E-state index is 0.0146. The van der Waals surface area contributed by atoms with Crippen LogP contribution in [-0.2, 0) is 9.53 Å². The van der Waals surface area contributed by atoms with Gasteiger partial charge in [-0.25, -0.2) is 0 Å². The summed E-state index contributed by atoms with van der Waals surface area (Å²) < 4.78 is 4.87. The highest BCUT2D eigenvalue weighted by atomic mass is 35.5. The molecule has 1 amide bonds. The van der Waals surface area contributed by atoms with E-state index in [1.807, 2.05) is 6.07 Å². The van der Waals surface area contributed by atoms with Gasteiger partial charge in [0.1, 0.15) is 11.6 Å². The molecular formula is C14H14Cl2N2O2. The van der Waals surface area contributed by atoms with Gasteiger partial charge in [-0.05, 0) is 30.2 Å². The van der Waals surface area contributed by atoms with E-state index in [-0.39, 0.29) is 5.57 Å². The van der Waals surface area contributed by atoms with Crippen molar-refractivity contribution >= 4 is 35.2 Å². The lowest BCUT2D eigenvalue weighted by Crippen LogP contribution is -2.26. The maximum atomic E-state index is 11.8. The number of nitriles is 1. The Labute approximate surface area is 127 Å². The van der Waals surface area contributed by atoms with Gasteiger partial charge in [-0.1, -0.05) is 29.3 Å². The number of amides is 1. The van der Waals surface area contributed by atoms with Gasteiger partial charge in [0.05, 0.1) is 10.0 Å². The van der Waals surface area contributed by atoms with E-state index in [2.05, 4.69) is 5.32 Å². The zero-order valence-corrected chi connectivity index (χ0v) is 12.5. The average molecular weight is 313 g/mol. The normalized spacial score (nSPS) is 11.0. The summed E-state index contributed by atoms with van der Waals surface area (Å²) in [6, 6.07) is 6.76. The number of hydrogen-bond acceptors (Lipinski definition) is 3. The van der Waals surface area contributed by atoms with E-state index in [9.17, 15) is 4.79 Å². The van der Waals surface area contributed by atoms with Crippen molar-refractivity contribution in [3.63, 3.8) is 0 Å². The number of rotatable bonds is 6. The number of benzene rings is 1. The van der Waals surface area contributed by atoms with Crippen LogP contribution in [0.5, 0.6) is 0 Å². The number of hydrogen-bond donors (Lipinski definition) is 1. The van der Waals surface area contributed by atoms with Crippen LogP contribution in [0.3, 0.4) is 0 Å². The molecular weight excluding hydrogens is 299 g/mol. The van der Waals surface area contributed by atoms with Crippen molar-refractivity contribution in [1.29, 1.82) is 5.26 Å². The monoisotopic (exact) mass is 312 g/mol. The summed E-state index contributed by atoms with van der Waals surface area (Å²) >= 11 is 11.7. The van der Waals surface area contributed by atoms with E-state index in [1.54, 1.807) is 25.3 Å². The first-order valence-electron chi connectivity index (χ1n) is 5.92. The zero-order valence-electron chi connectivity index (χ0n) is 11.0. The minimum Gasteiger partial charge on any atom is -0.385 e. The third kappa shape index (κ3) is 5.22. The Morgan fingerprint density at radius 1 is 1.45 bits per heavy atom. The molecule has 0 fully saturated rings. The molecule has 0 radical (unpaired) electrons. The van der Waals surface area contributed by atoms with E-state index in [4.69, 9.17) is 33.2 Å². The SMILES string of the molecule is COCCCNC(=O)/C(C#N)=C/c1ccc(Cl)c(Cl)c1. The van der Waals surface area contributed by atoms with E-state index in [1.165, 1.54) is 6.08 Å². The average Bonchev–Trinajstić information content (AvgIpc) is 2.44. The Morgan fingerprint density at radius 2 is 2.20 bits per heavy atom. The third-order valence-corrected chi connectivity index (χ3v) is 3.17. The molecule has 0 aliphatic rings. The number of carbonyl (C=O) groups is 1. The molecule has 0 heterocycles. The van der Waals surface area contributed by atoms with Crippen LogP contribution in [0.4, 0.5) is 0 Å². The predicted octanol–water partition coefficient (Wildman–Crippen LogP) is 3.05. The van der Waals surface area contributed by atoms with Gasteiger partial charge in [-0.3, -0.25) is 4.79 Å². The summed E-state index contributed by atoms with van der Waals surface area (Å²) in [5, 5.41) is 12.5. The summed E-state index contributed by atoms with van der Waals surface area (Å²) in [6.07, 6.45) is 2.15. The van der Waals surface area contributed by atoms with E-state index < -0.39 is 5.91 Å². The molecule has 0 aliphatic carbocycles. The summed E-state index contributed by atoms with van der Waals surface area (Å²) in [5.74, 6) is -0.422. The van der Waals surface area contributed by atoms with Gasteiger partial charge in [-0.15, -0.1) is 0 Å². The maximum absolute atomic E-state index is 11.8. The van der Waals surface area contributed by atoms with Gasteiger partial charge in [0.2, 0.25) is 0 Å². The van der Waals surface area contributed by atoms with E-state index in [0.29, 0.717) is 35.2 Å². The van der Waals surface area contributed by atoms with Gasteiger partial charge >= 0.3 is 0 Å². The van der Waals surface area contributed by atoms with Crippen LogP contribution in [0, 0.1) is 11.3 Å². The Bertz CT molecular complexity index is 551. The number of methoxy groups -OCH3 is 1. The van der Waals surface area contributed by atoms with E-state index in [0.717, 1.165) is 0 Å². The molecule has 0 bridgehead atoms. The second-order valence-corrected chi connectivity index (χ2v) is 4.76. The maximum Gasteiger partial charge on any atom is 0.261 e.